The molecule has 5 aromatic rings. The molecule has 0 aliphatic carbocycles. The molecule has 49 heavy (non-hydrogen) atoms. The molecule has 0 saturated heterocycles. The normalized spacial score (nSPS) is 13.6. The highest BCUT2D eigenvalue weighted by Crippen LogP contribution is 2.33. The Kier molecular flexibility index (Phi) is 10.1. The summed E-state index contributed by atoms with van der Waals surface area (Å²) < 4.78 is 12.2. The van der Waals surface area contributed by atoms with E-state index in [9.17, 15) is 14.4 Å². The minimum absolute atomic E-state index is 0.102. The van der Waals surface area contributed by atoms with E-state index >= 15 is 0 Å². The zero-order chi connectivity index (χ0) is 34.5. The Morgan fingerprint density at radius 2 is 1.65 bits per heavy atom. The van der Waals surface area contributed by atoms with E-state index in [0.29, 0.717) is 27.4 Å². The van der Waals surface area contributed by atoms with Gasteiger partial charge in [0.25, 0.3) is 17.0 Å². The molecule has 0 bridgehead atoms. The van der Waals surface area contributed by atoms with Crippen molar-refractivity contribution in [1.82, 2.24) is 14.5 Å². The number of hydrogen-bond donors (Lipinski definition) is 2. The third-order valence-electron chi connectivity index (χ3n) is 8.76. The smallest absolute Gasteiger partial charge is 0.274 e. The number of aromatic amines is 1. The van der Waals surface area contributed by atoms with E-state index in [4.69, 9.17) is 21.1 Å². The van der Waals surface area contributed by atoms with Gasteiger partial charge in [-0.15, -0.1) is 0 Å². The van der Waals surface area contributed by atoms with Gasteiger partial charge in [-0.25, -0.2) is 0 Å². The van der Waals surface area contributed by atoms with E-state index in [-0.39, 0.29) is 22.2 Å². The first-order valence-corrected chi connectivity index (χ1v) is 16.3. The Labute approximate surface area is 288 Å². The van der Waals surface area contributed by atoms with Crippen LogP contribution in [0.2, 0.25) is 5.02 Å². The van der Waals surface area contributed by atoms with Gasteiger partial charge >= 0.3 is 0 Å². The fourth-order valence-electron chi connectivity index (χ4n) is 6.00. The molecule has 0 unspecified atom stereocenters. The third kappa shape index (κ3) is 7.69. The average Bonchev–Trinajstić information content (AvgIpc) is 3.12. The number of nitrogens with one attached hydrogen (secondary N) is 2. The van der Waals surface area contributed by atoms with E-state index < -0.39 is 5.56 Å². The summed E-state index contributed by atoms with van der Waals surface area (Å²) in [5, 5.41) is 3.70. The van der Waals surface area contributed by atoms with Crippen LogP contribution in [0.25, 0.3) is 12.2 Å². The zero-order valence-electron chi connectivity index (χ0n) is 27.6. The Balaban J connectivity index is 1.10. The van der Waals surface area contributed by atoms with Gasteiger partial charge in [0.15, 0.2) is 11.5 Å². The van der Waals surface area contributed by atoms with Gasteiger partial charge in [-0.3, -0.25) is 19.3 Å². The van der Waals surface area contributed by atoms with Crippen LogP contribution in [-0.2, 0) is 26.4 Å². The molecule has 9 nitrogen and oxygen atoms in total. The van der Waals surface area contributed by atoms with E-state index in [0.717, 1.165) is 44.0 Å². The van der Waals surface area contributed by atoms with Crippen LogP contribution in [0.3, 0.4) is 0 Å². The molecule has 6 rings (SSSR count). The number of H-pyrrole nitrogens is 1. The highest BCUT2D eigenvalue weighted by molar-refractivity contribution is 6.32. The van der Waals surface area contributed by atoms with Crippen LogP contribution in [0.4, 0.5) is 5.69 Å². The maximum Gasteiger partial charge on any atom is 0.274 e. The molecule has 2 heterocycles. The Hall–Kier alpha value is -5.38. The van der Waals surface area contributed by atoms with Crippen molar-refractivity contribution in [3.63, 3.8) is 0 Å². The van der Waals surface area contributed by atoms with E-state index in [1.165, 1.54) is 28.3 Å². The number of carbonyl (C=O) groups is 1. The van der Waals surface area contributed by atoms with Crippen LogP contribution in [0.5, 0.6) is 11.5 Å². The molecule has 0 fully saturated rings. The highest BCUT2D eigenvalue weighted by atomic mass is 35.5. The molecule has 2 N–H and O–H groups in total. The minimum atomic E-state index is -0.436. The fourth-order valence-corrected chi connectivity index (χ4v) is 6.19. The molecule has 1 aliphatic rings. The summed E-state index contributed by atoms with van der Waals surface area (Å²) in [4.78, 5) is 44.4. The first-order chi connectivity index (χ1) is 23.7. The molecule has 0 saturated carbocycles. The summed E-state index contributed by atoms with van der Waals surface area (Å²) in [5.74, 6) is 1.24. The van der Waals surface area contributed by atoms with Gasteiger partial charge in [0.2, 0.25) is 0 Å². The van der Waals surface area contributed by atoms with Gasteiger partial charge in [-0.05, 0) is 95.3 Å². The Morgan fingerprint density at radius 1 is 0.918 bits per heavy atom. The zero-order valence-corrected chi connectivity index (χ0v) is 28.3. The Morgan fingerprint density at radius 3 is 2.39 bits per heavy atom. The molecule has 0 spiro atoms. The van der Waals surface area contributed by atoms with E-state index in [1.54, 1.807) is 74.9 Å². The summed E-state index contributed by atoms with van der Waals surface area (Å²) in [7, 11) is 4.86. The molecule has 0 atom stereocenters. The summed E-state index contributed by atoms with van der Waals surface area (Å²) in [6, 6.07) is 26.0. The van der Waals surface area contributed by atoms with Crippen LogP contribution in [0.1, 0.15) is 38.2 Å². The van der Waals surface area contributed by atoms with E-state index in [1.807, 2.05) is 24.3 Å². The van der Waals surface area contributed by atoms with Gasteiger partial charge in [-0.1, -0.05) is 54.1 Å². The van der Waals surface area contributed by atoms with Crippen LogP contribution in [0.15, 0.2) is 94.5 Å². The number of carbonyl (C=O) groups excluding carboxylic acids is 1. The summed E-state index contributed by atoms with van der Waals surface area (Å²) in [5.41, 5.74) is 5.24. The number of anilines is 1. The summed E-state index contributed by atoms with van der Waals surface area (Å²) >= 11 is 6.24. The molecular formula is C39H37ClN4O5. The molecule has 250 valence electrons. The van der Waals surface area contributed by atoms with Crippen molar-refractivity contribution in [1.29, 1.82) is 0 Å². The van der Waals surface area contributed by atoms with Crippen LogP contribution < -0.4 is 36.6 Å². The lowest BCUT2D eigenvalue weighted by molar-refractivity contribution is 0.102. The fraction of sp³-hybridized carbons (Fsp3) is 0.205. The van der Waals surface area contributed by atoms with Crippen molar-refractivity contribution >= 4 is 35.3 Å². The number of halogens is 1. The molecule has 1 aromatic heterocycles. The first-order valence-electron chi connectivity index (χ1n) is 16.0. The van der Waals surface area contributed by atoms with Crippen molar-refractivity contribution in [3.8, 4) is 11.5 Å². The van der Waals surface area contributed by atoms with Crippen molar-refractivity contribution in [2.45, 2.75) is 19.4 Å². The molecular weight excluding hydrogens is 640 g/mol. The third-order valence-corrected chi connectivity index (χ3v) is 9.10. The number of fused-ring (bicyclic) bond motifs is 1. The maximum absolute atomic E-state index is 13.2. The number of amides is 1. The number of aromatic nitrogens is 2. The van der Waals surface area contributed by atoms with Crippen molar-refractivity contribution < 1.29 is 14.3 Å². The monoisotopic (exact) mass is 676 g/mol. The van der Waals surface area contributed by atoms with Crippen molar-refractivity contribution in [2.24, 2.45) is 7.05 Å². The summed E-state index contributed by atoms with van der Waals surface area (Å²) in [6.45, 7) is 2.75. The van der Waals surface area contributed by atoms with Gasteiger partial charge in [0.1, 0.15) is 10.7 Å². The highest BCUT2D eigenvalue weighted by Gasteiger charge is 2.19. The number of hydrogen-bond acceptors (Lipinski definition) is 6. The SMILES string of the molecule is COc1cc2c(cc1OC)CN(CCc1ccc(NC(=O)c3cccc(C=c4[nH]c(=O)c(=Cc5ccccc5Cl)n(C)c4=O)c3)cc1)CC2. The maximum atomic E-state index is 13.2. The number of methoxy groups -OCH3 is 2. The van der Waals surface area contributed by atoms with Crippen LogP contribution in [-0.4, -0.2) is 47.7 Å². The molecule has 10 heteroatoms. The van der Waals surface area contributed by atoms with Crippen LogP contribution in [0, 0.1) is 0 Å². The predicted octanol–water partition coefficient (Wildman–Crippen LogP) is 4.25. The standard InChI is InChI=1S/C39H37ClN4O5/c1-43-34(21-28-8-4-5-10-32(28)40)38(46)42-33(39(43)47)20-26-7-6-9-29(19-26)37(45)41-31-13-11-25(12-14-31)15-17-44-18-16-27-22-35(48-2)36(49-3)23-30(27)24-44/h4-14,19-23H,15-18,24H2,1-3H3,(H,41,45)(H,42,46). The van der Waals surface area contributed by atoms with Gasteiger partial charge in [0.05, 0.1) is 14.2 Å². The average molecular weight is 677 g/mol. The Bertz CT molecular complexity index is 2260. The molecule has 0 radical (unpaired) electrons. The minimum Gasteiger partial charge on any atom is -0.493 e. The van der Waals surface area contributed by atoms with E-state index in [2.05, 4.69) is 27.3 Å². The summed E-state index contributed by atoms with van der Waals surface area (Å²) in [6.07, 6.45) is 4.98. The number of ether oxygens (including phenoxy) is 2. The van der Waals surface area contributed by atoms with Crippen LogP contribution >= 0.6 is 11.6 Å². The first kappa shape index (κ1) is 33.5. The van der Waals surface area contributed by atoms with Gasteiger partial charge in [-0.2, -0.15) is 0 Å². The number of benzene rings is 4. The second kappa shape index (κ2) is 14.8. The number of nitrogens with zero attached hydrogens (tertiary/aromatic N) is 2. The second-order valence-corrected chi connectivity index (χ2v) is 12.4. The lowest BCUT2D eigenvalue weighted by atomic mass is 9.98. The van der Waals surface area contributed by atoms with Crippen molar-refractivity contribution in [2.75, 3.05) is 32.6 Å². The quantitative estimate of drug-likeness (QED) is 0.242. The molecule has 4 aromatic carbocycles. The molecule has 1 amide bonds. The van der Waals surface area contributed by atoms with Crippen molar-refractivity contribution in [3.05, 3.63) is 155 Å². The molecule has 1 aliphatic heterocycles. The van der Waals surface area contributed by atoms with Gasteiger partial charge in [0, 0.05) is 43.0 Å². The van der Waals surface area contributed by atoms with Gasteiger partial charge < -0.3 is 24.3 Å². The largest absolute Gasteiger partial charge is 0.493 e. The lowest BCUT2D eigenvalue weighted by Gasteiger charge is -2.29. The lowest BCUT2D eigenvalue weighted by Crippen LogP contribution is -2.52. The topological polar surface area (TPSA) is 106 Å². The second-order valence-electron chi connectivity index (χ2n) is 12.0. The predicted molar refractivity (Wildman–Crippen MR) is 193 cm³/mol. The number of rotatable bonds is 9.